The van der Waals surface area contributed by atoms with E-state index in [1.807, 2.05) is 0 Å². The van der Waals surface area contributed by atoms with Crippen LogP contribution < -0.4 is 10.3 Å². The van der Waals surface area contributed by atoms with E-state index >= 15 is 0 Å². The van der Waals surface area contributed by atoms with Gasteiger partial charge >= 0.3 is 0 Å². The maximum atomic E-state index is 12.2. The van der Waals surface area contributed by atoms with Crippen molar-refractivity contribution in [1.29, 1.82) is 0 Å². The van der Waals surface area contributed by atoms with E-state index in [2.05, 4.69) is 10.2 Å². The number of benzene rings is 1. The summed E-state index contributed by atoms with van der Waals surface area (Å²) in [5.41, 5.74) is 0.971. The number of nitrogens with zero attached hydrogens (tertiary/aromatic N) is 4. The summed E-state index contributed by atoms with van der Waals surface area (Å²) >= 11 is 12.7. The molecule has 0 N–H and O–H groups in total. The summed E-state index contributed by atoms with van der Waals surface area (Å²) in [6.45, 7) is 0. The minimum atomic E-state index is -0.414. The van der Waals surface area contributed by atoms with Gasteiger partial charge in [-0.05, 0) is 30.9 Å². The molecule has 1 aromatic heterocycles. The molecule has 0 atom stereocenters. The van der Waals surface area contributed by atoms with Crippen LogP contribution in [0.3, 0.4) is 0 Å². The minimum Gasteiger partial charge on any atom is -0.434 e. The number of carbonyl (C=O) groups excluding carboxylic acids is 2. The normalized spacial score (nSPS) is 16.8. The molecular weight excluding hydrogens is 419 g/mol. The first-order chi connectivity index (χ1) is 13.7. The fourth-order valence-corrected chi connectivity index (χ4v) is 3.62. The van der Waals surface area contributed by atoms with Gasteiger partial charge in [0.2, 0.25) is 11.8 Å². The SMILES string of the molecule is CN1N=C(c2cc(Cl)c(Oc3cc(C4CC4)c(=O)n(C)n3)c(Cl)c2)C(=O)CC1=O. The van der Waals surface area contributed by atoms with Gasteiger partial charge in [-0.15, -0.1) is 5.10 Å². The molecule has 8 nitrogen and oxygen atoms in total. The molecular formula is C19H16Cl2N4O4. The summed E-state index contributed by atoms with van der Waals surface area (Å²) < 4.78 is 7.00. The fraction of sp³-hybridized carbons (Fsp3) is 0.316. The quantitative estimate of drug-likeness (QED) is 0.689. The monoisotopic (exact) mass is 434 g/mol. The Hall–Kier alpha value is -2.71. The van der Waals surface area contributed by atoms with Gasteiger partial charge < -0.3 is 4.74 Å². The minimum absolute atomic E-state index is 0.0960. The second-order valence-corrected chi connectivity index (χ2v) is 7.79. The third-order valence-electron chi connectivity index (χ3n) is 4.75. The Bertz CT molecular complexity index is 1110. The average molecular weight is 435 g/mol. The van der Waals surface area contributed by atoms with E-state index in [0.29, 0.717) is 11.1 Å². The lowest BCUT2D eigenvalue weighted by Crippen LogP contribution is -2.35. The molecule has 0 unspecified atom stereocenters. The van der Waals surface area contributed by atoms with Gasteiger partial charge in [0.05, 0.1) is 16.5 Å². The number of hydrogen-bond donors (Lipinski definition) is 0. The van der Waals surface area contributed by atoms with Crippen LogP contribution in [-0.2, 0) is 16.6 Å². The van der Waals surface area contributed by atoms with Crippen LogP contribution in [0.4, 0.5) is 0 Å². The second-order valence-electron chi connectivity index (χ2n) is 6.98. The molecule has 1 aliphatic carbocycles. The summed E-state index contributed by atoms with van der Waals surface area (Å²) in [5.74, 6) is -0.228. The van der Waals surface area contributed by atoms with Gasteiger partial charge in [-0.3, -0.25) is 14.4 Å². The molecule has 0 bridgehead atoms. The lowest BCUT2D eigenvalue weighted by Gasteiger charge is -2.19. The zero-order chi connectivity index (χ0) is 20.9. The highest BCUT2D eigenvalue weighted by molar-refractivity contribution is 6.50. The highest BCUT2D eigenvalue weighted by Gasteiger charge is 2.29. The Balaban J connectivity index is 1.69. The van der Waals surface area contributed by atoms with Crippen LogP contribution >= 0.6 is 23.2 Å². The largest absolute Gasteiger partial charge is 0.434 e. The number of halogens is 2. The Kier molecular flexibility index (Phi) is 4.92. The Labute approximate surface area is 175 Å². The van der Waals surface area contributed by atoms with Crippen molar-refractivity contribution in [2.24, 2.45) is 12.1 Å². The number of aromatic nitrogens is 2. The van der Waals surface area contributed by atoms with Crippen molar-refractivity contribution < 1.29 is 14.3 Å². The molecule has 2 aromatic rings. The Morgan fingerprint density at radius 2 is 1.72 bits per heavy atom. The highest BCUT2D eigenvalue weighted by atomic mass is 35.5. The molecule has 2 aliphatic rings. The lowest BCUT2D eigenvalue weighted by molar-refractivity contribution is -0.133. The molecule has 1 fully saturated rings. The van der Waals surface area contributed by atoms with Gasteiger partial charge in [0, 0.05) is 31.3 Å². The third-order valence-corrected chi connectivity index (χ3v) is 5.31. The molecule has 2 heterocycles. The number of rotatable bonds is 4. The smallest absolute Gasteiger partial charge is 0.270 e. The summed E-state index contributed by atoms with van der Waals surface area (Å²) in [4.78, 5) is 36.0. The number of hydrogen-bond acceptors (Lipinski definition) is 6. The first-order valence-electron chi connectivity index (χ1n) is 8.88. The maximum Gasteiger partial charge on any atom is 0.270 e. The van der Waals surface area contributed by atoms with Crippen molar-refractivity contribution in [3.8, 4) is 11.6 Å². The van der Waals surface area contributed by atoms with Crippen LogP contribution in [-0.4, -0.2) is 39.2 Å². The van der Waals surface area contributed by atoms with Gasteiger partial charge in [0.1, 0.15) is 5.71 Å². The molecule has 0 radical (unpaired) electrons. The molecule has 0 spiro atoms. The summed E-state index contributed by atoms with van der Waals surface area (Å²) in [5, 5.41) is 9.52. The van der Waals surface area contributed by atoms with E-state index in [1.165, 1.54) is 23.9 Å². The molecule has 0 saturated heterocycles. The molecule has 10 heteroatoms. The van der Waals surface area contributed by atoms with Gasteiger partial charge in [-0.2, -0.15) is 5.10 Å². The van der Waals surface area contributed by atoms with Crippen LogP contribution in [0.25, 0.3) is 0 Å². The predicted octanol–water partition coefficient (Wildman–Crippen LogP) is 2.89. The topological polar surface area (TPSA) is 93.9 Å². The summed E-state index contributed by atoms with van der Waals surface area (Å²) in [6, 6.07) is 4.59. The zero-order valence-corrected chi connectivity index (χ0v) is 17.1. The van der Waals surface area contributed by atoms with Crippen LogP contribution in [0.1, 0.15) is 36.3 Å². The number of Topliss-reactive ketones (excluding diaryl/α,β-unsaturated/α-hetero) is 1. The van der Waals surface area contributed by atoms with Gasteiger partial charge in [-0.25, -0.2) is 9.69 Å². The van der Waals surface area contributed by atoms with Crippen molar-refractivity contribution in [2.45, 2.75) is 25.2 Å². The van der Waals surface area contributed by atoms with Gasteiger partial charge in [0.15, 0.2) is 11.5 Å². The number of carbonyl (C=O) groups is 2. The molecule has 1 aliphatic heterocycles. The van der Waals surface area contributed by atoms with Crippen LogP contribution in [0.15, 0.2) is 28.1 Å². The Morgan fingerprint density at radius 1 is 1.07 bits per heavy atom. The molecule has 29 heavy (non-hydrogen) atoms. The fourth-order valence-electron chi connectivity index (χ4n) is 3.05. The van der Waals surface area contributed by atoms with E-state index in [-0.39, 0.29) is 51.2 Å². The van der Waals surface area contributed by atoms with Crippen molar-refractivity contribution in [2.75, 3.05) is 7.05 Å². The van der Waals surface area contributed by atoms with Crippen molar-refractivity contribution in [3.05, 3.63) is 49.7 Å². The van der Waals surface area contributed by atoms with Crippen LogP contribution in [0, 0.1) is 0 Å². The number of ether oxygens (including phenoxy) is 1. The molecule has 4 rings (SSSR count). The lowest BCUT2D eigenvalue weighted by atomic mass is 10.0. The van der Waals surface area contributed by atoms with Crippen LogP contribution in [0.5, 0.6) is 11.6 Å². The third kappa shape index (κ3) is 3.77. The first kappa shape index (κ1) is 19.6. The van der Waals surface area contributed by atoms with Crippen molar-refractivity contribution >= 4 is 40.6 Å². The van der Waals surface area contributed by atoms with E-state index in [4.69, 9.17) is 27.9 Å². The molecule has 1 aromatic carbocycles. The number of hydrazone groups is 1. The average Bonchev–Trinajstić information content (AvgIpc) is 3.49. The molecule has 150 valence electrons. The van der Waals surface area contributed by atoms with E-state index < -0.39 is 5.78 Å². The van der Waals surface area contributed by atoms with E-state index in [0.717, 1.165) is 17.9 Å². The van der Waals surface area contributed by atoms with E-state index in [9.17, 15) is 14.4 Å². The van der Waals surface area contributed by atoms with Gasteiger partial charge in [-0.1, -0.05) is 23.2 Å². The second kappa shape index (κ2) is 7.27. The summed E-state index contributed by atoms with van der Waals surface area (Å²) in [7, 11) is 3.02. The number of aryl methyl sites for hydroxylation is 1. The van der Waals surface area contributed by atoms with Crippen LogP contribution in [0.2, 0.25) is 10.0 Å². The Morgan fingerprint density at radius 3 is 2.34 bits per heavy atom. The summed E-state index contributed by atoms with van der Waals surface area (Å²) in [6.07, 6.45) is 1.65. The van der Waals surface area contributed by atoms with E-state index in [1.54, 1.807) is 13.1 Å². The highest BCUT2D eigenvalue weighted by Crippen LogP contribution is 2.41. The maximum absolute atomic E-state index is 12.2. The first-order valence-corrected chi connectivity index (χ1v) is 9.64. The zero-order valence-electron chi connectivity index (χ0n) is 15.6. The van der Waals surface area contributed by atoms with Crippen molar-refractivity contribution in [3.63, 3.8) is 0 Å². The molecule has 1 saturated carbocycles. The number of amides is 1. The van der Waals surface area contributed by atoms with Crippen molar-refractivity contribution in [1.82, 2.24) is 14.8 Å². The standard InChI is InChI=1S/C19H16Cl2N4O4/c1-24-16(27)8-14(26)17(23-24)10-5-12(20)18(13(21)6-10)29-15-7-11(9-3-4-9)19(28)25(2)22-15/h5-7,9H,3-4,8H2,1-2H3. The van der Waals surface area contributed by atoms with Gasteiger partial charge in [0.25, 0.3) is 5.56 Å². The predicted molar refractivity (Wildman–Crippen MR) is 107 cm³/mol. The number of ketones is 1. The molecule has 1 amide bonds.